The maximum atomic E-state index is 12.3. The van der Waals surface area contributed by atoms with Crippen LogP contribution in [0.4, 0.5) is 5.69 Å². The number of aliphatic hydroxyl groups excluding tert-OH is 1. The third-order valence-corrected chi connectivity index (χ3v) is 3.77. The second kappa shape index (κ2) is 8.47. The number of carbonyl (C=O) groups is 2. The number of halogens is 1. The van der Waals surface area contributed by atoms with Gasteiger partial charge in [0.25, 0.3) is 5.91 Å². The number of hydrogen-bond donors (Lipinski definition) is 3. The first-order valence-electron chi connectivity index (χ1n) is 7.53. The van der Waals surface area contributed by atoms with Crippen LogP contribution in [0, 0.1) is 0 Å². The zero-order chi connectivity index (χ0) is 17.5. The van der Waals surface area contributed by atoms with E-state index in [-0.39, 0.29) is 18.4 Å². The molecule has 0 saturated carbocycles. The van der Waals surface area contributed by atoms with Crippen LogP contribution >= 0.6 is 11.6 Å². The zero-order valence-corrected chi connectivity index (χ0v) is 14.1. The average molecular weight is 347 g/mol. The number of rotatable bonds is 6. The summed E-state index contributed by atoms with van der Waals surface area (Å²) in [4.78, 5) is 23.3. The van der Waals surface area contributed by atoms with Crippen LogP contribution in [-0.2, 0) is 17.8 Å². The number of benzene rings is 2. The van der Waals surface area contributed by atoms with Gasteiger partial charge in [-0.1, -0.05) is 35.9 Å². The first kappa shape index (κ1) is 18.0. The van der Waals surface area contributed by atoms with E-state index in [2.05, 4.69) is 10.6 Å². The van der Waals surface area contributed by atoms with E-state index in [0.29, 0.717) is 29.2 Å². The summed E-state index contributed by atoms with van der Waals surface area (Å²) in [5, 5.41) is 14.8. The van der Waals surface area contributed by atoms with Crippen molar-refractivity contribution in [2.75, 3.05) is 11.9 Å². The van der Waals surface area contributed by atoms with Crippen LogP contribution in [0.2, 0.25) is 5.02 Å². The Morgan fingerprint density at radius 3 is 2.38 bits per heavy atom. The van der Waals surface area contributed by atoms with Gasteiger partial charge in [-0.3, -0.25) is 9.59 Å². The molecule has 0 aliphatic heterocycles. The molecule has 2 aromatic carbocycles. The Labute approximate surface area is 145 Å². The van der Waals surface area contributed by atoms with Gasteiger partial charge in [0.05, 0.1) is 17.2 Å². The molecule has 0 atom stereocenters. The van der Waals surface area contributed by atoms with Crippen molar-refractivity contribution >= 4 is 29.1 Å². The Morgan fingerprint density at radius 1 is 1.08 bits per heavy atom. The number of aliphatic hydroxyl groups is 1. The third kappa shape index (κ3) is 5.08. The SMILES string of the molecule is CC(=O)Nc1ccc(Cl)c(C(=O)NCCc2ccc(CO)cc2)c1. The highest BCUT2D eigenvalue weighted by molar-refractivity contribution is 6.34. The molecule has 24 heavy (non-hydrogen) atoms. The van der Waals surface area contributed by atoms with E-state index in [0.717, 1.165) is 11.1 Å². The molecule has 2 amide bonds. The summed E-state index contributed by atoms with van der Waals surface area (Å²) in [5.41, 5.74) is 2.75. The molecule has 2 aromatic rings. The molecular formula is C18H19ClN2O3. The van der Waals surface area contributed by atoms with Crippen LogP contribution < -0.4 is 10.6 Å². The van der Waals surface area contributed by atoms with Crippen molar-refractivity contribution < 1.29 is 14.7 Å². The first-order chi connectivity index (χ1) is 11.5. The summed E-state index contributed by atoms with van der Waals surface area (Å²) in [6.07, 6.45) is 0.667. The molecule has 0 radical (unpaired) electrons. The summed E-state index contributed by atoms with van der Waals surface area (Å²) < 4.78 is 0. The third-order valence-electron chi connectivity index (χ3n) is 3.44. The van der Waals surface area contributed by atoms with Gasteiger partial charge in [-0.25, -0.2) is 0 Å². The van der Waals surface area contributed by atoms with Gasteiger partial charge in [-0.15, -0.1) is 0 Å². The second-order valence-corrected chi connectivity index (χ2v) is 5.76. The van der Waals surface area contributed by atoms with Crippen LogP contribution in [0.3, 0.4) is 0 Å². The van der Waals surface area contributed by atoms with Gasteiger partial charge in [0.1, 0.15) is 0 Å². The second-order valence-electron chi connectivity index (χ2n) is 5.36. The van der Waals surface area contributed by atoms with E-state index in [1.165, 1.54) is 6.92 Å². The minimum atomic E-state index is -0.292. The van der Waals surface area contributed by atoms with E-state index in [1.54, 1.807) is 18.2 Å². The highest BCUT2D eigenvalue weighted by Gasteiger charge is 2.11. The number of hydrogen-bond acceptors (Lipinski definition) is 3. The van der Waals surface area contributed by atoms with Crippen molar-refractivity contribution in [1.29, 1.82) is 0 Å². The van der Waals surface area contributed by atoms with Gasteiger partial charge in [0.2, 0.25) is 5.91 Å². The van der Waals surface area contributed by atoms with Gasteiger partial charge >= 0.3 is 0 Å². The molecule has 0 saturated heterocycles. The number of amides is 2. The lowest BCUT2D eigenvalue weighted by molar-refractivity contribution is -0.114. The largest absolute Gasteiger partial charge is 0.392 e. The normalized spacial score (nSPS) is 10.3. The maximum Gasteiger partial charge on any atom is 0.252 e. The van der Waals surface area contributed by atoms with Gasteiger partial charge in [0, 0.05) is 19.2 Å². The molecule has 0 aromatic heterocycles. The summed E-state index contributed by atoms with van der Waals surface area (Å²) in [6.45, 7) is 1.87. The highest BCUT2D eigenvalue weighted by Crippen LogP contribution is 2.20. The van der Waals surface area contributed by atoms with Crippen LogP contribution in [0.25, 0.3) is 0 Å². The van der Waals surface area contributed by atoms with Gasteiger partial charge in [0.15, 0.2) is 0 Å². The molecule has 5 nitrogen and oxygen atoms in total. The van der Waals surface area contributed by atoms with E-state index in [1.807, 2.05) is 24.3 Å². The predicted molar refractivity (Wildman–Crippen MR) is 94.2 cm³/mol. The Bertz CT molecular complexity index is 730. The Morgan fingerprint density at radius 2 is 1.75 bits per heavy atom. The fourth-order valence-electron chi connectivity index (χ4n) is 2.21. The van der Waals surface area contributed by atoms with Crippen molar-refractivity contribution in [3.8, 4) is 0 Å². The summed E-state index contributed by atoms with van der Waals surface area (Å²) >= 11 is 6.06. The molecule has 126 valence electrons. The first-order valence-corrected chi connectivity index (χ1v) is 7.91. The minimum absolute atomic E-state index is 0.0140. The number of nitrogens with one attached hydrogen (secondary N) is 2. The van der Waals surface area contributed by atoms with Gasteiger partial charge in [-0.2, -0.15) is 0 Å². The molecule has 0 unspecified atom stereocenters. The summed E-state index contributed by atoms with van der Waals surface area (Å²) in [5.74, 6) is -0.505. The summed E-state index contributed by atoms with van der Waals surface area (Å²) in [7, 11) is 0. The fraction of sp³-hybridized carbons (Fsp3) is 0.222. The number of carbonyl (C=O) groups excluding carboxylic acids is 2. The van der Waals surface area contributed by atoms with Crippen LogP contribution in [0.5, 0.6) is 0 Å². The standard InChI is InChI=1S/C18H19ClN2O3/c1-12(23)21-15-6-7-17(19)16(10-15)18(24)20-9-8-13-2-4-14(11-22)5-3-13/h2-7,10,22H,8-9,11H2,1H3,(H,20,24)(H,21,23). The zero-order valence-electron chi connectivity index (χ0n) is 13.3. The molecule has 6 heteroatoms. The topological polar surface area (TPSA) is 78.4 Å². The predicted octanol–water partition coefficient (Wildman–Crippen LogP) is 2.76. The van der Waals surface area contributed by atoms with Crippen LogP contribution in [0.15, 0.2) is 42.5 Å². The molecule has 0 heterocycles. The lowest BCUT2D eigenvalue weighted by Crippen LogP contribution is -2.26. The van der Waals surface area contributed by atoms with Gasteiger partial charge in [-0.05, 0) is 35.7 Å². The minimum Gasteiger partial charge on any atom is -0.392 e. The van der Waals surface area contributed by atoms with Crippen molar-refractivity contribution in [1.82, 2.24) is 5.32 Å². The molecule has 3 N–H and O–H groups in total. The smallest absolute Gasteiger partial charge is 0.252 e. The van der Waals surface area contributed by atoms with Crippen molar-refractivity contribution in [3.05, 3.63) is 64.2 Å². The lowest BCUT2D eigenvalue weighted by atomic mass is 10.1. The van der Waals surface area contributed by atoms with Gasteiger partial charge < -0.3 is 15.7 Å². The Balaban J connectivity index is 1.95. The molecule has 0 spiro atoms. The molecular weight excluding hydrogens is 328 g/mol. The number of anilines is 1. The van der Waals surface area contributed by atoms with E-state index in [9.17, 15) is 9.59 Å². The van der Waals surface area contributed by atoms with E-state index in [4.69, 9.17) is 16.7 Å². The fourth-order valence-corrected chi connectivity index (χ4v) is 2.41. The lowest BCUT2D eigenvalue weighted by Gasteiger charge is -2.09. The Hall–Kier alpha value is -2.37. The quantitative estimate of drug-likeness (QED) is 0.752. The van der Waals surface area contributed by atoms with E-state index < -0.39 is 0 Å². The summed E-state index contributed by atoms with van der Waals surface area (Å²) in [6, 6.07) is 12.3. The molecule has 0 fully saturated rings. The van der Waals surface area contributed by atoms with Crippen molar-refractivity contribution in [2.45, 2.75) is 20.0 Å². The van der Waals surface area contributed by atoms with Crippen LogP contribution in [-0.4, -0.2) is 23.5 Å². The van der Waals surface area contributed by atoms with Crippen LogP contribution in [0.1, 0.15) is 28.4 Å². The molecule has 0 bridgehead atoms. The Kier molecular flexibility index (Phi) is 6.35. The maximum absolute atomic E-state index is 12.3. The molecule has 2 rings (SSSR count). The van der Waals surface area contributed by atoms with Crippen molar-refractivity contribution in [2.24, 2.45) is 0 Å². The molecule has 0 aliphatic carbocycles. The highest BCUT2D eigenvalue weighted by atomic mass is 35.5. The van der Waals surface area contributed by atoms with Crippen molar-refractivity contribution in [3.63, 3.8) is 0 Å². The van der Waals surface area contributed by atoms with E-state index >= 15 is 0 Å². The monoisotopic (exact) mass is 346 g/mol. The molecule has 0 aliphatic rings. The average Bonchev–Trinajstić information content (AvgIpc) is 2.56.